The van der Waals surface area contributed by atoms with Gasteiger partial charge in [0.05, 0.1) is 6.61 Å². The normalized spacial score (nSPS) is 11.3. The molecular weight excluding hydrogens is 238 g/mol. The van der Waals surface area contributed by atoms with Gasteiger partial charge in [0.1, 0.15) is 0 Å². The summed E-state index contributed by atoms with van der Waals surface area (Å²) >= 11 is 0. The molecule has 4 heteroatoms. The number of rotatable bonds is 2. The van der Waals surface area contributed by atoms with E-state index >= 15 is 0 Å². The molecule has 0 bridgehead atoms. The average molecular weight is 248 g/mol. The molecule has 92 valence electrons. The van der Waals surface area contributed by atoms with Crippen molar-refractivity contribution in [1.82, 2.24) is 0 Å². The van der Waals surface area contributed by atoms with E-state index < -0.39 is 11.6 Å². The molecule has 0 fully saturated rings. The predicted molar refractivity (Wildman–Crippen MR) is 64.8 cm³/mol. The molecule has 0 atom stereocenters. The van der Waals surface area contributed by atoms with Crippen molar-refractivity contribution in [2.75, 3.05) is 6.61 Å². The Labute approximate surface area is 102 Å². The summed E-state index contributed by atoms with van der Waals surface area (Å²) in [7, 11) is 0. The SMILES string of the molecule is CCOc1ccc2c(oc3c(F)cccc32)c1F. The number of furan rings is 1. The molecule has 0 radical (unpaired) electrons. The van der Waals surface area contributed by atoms with Crippen LogP contribution in [-0.4, -0.2) is 6.61 Å². The lowest BCUT2D eigenvalue weighted by Gasteiger charge is -2.03. The highest BCUT2D eigenvalue weighted by Crippen LogP contribution is 2.35. The standard InChI is InChI=1S/C14H10F2O2/c1-2-17-11-7-6-9-8-4-3-5-10(15)13(8)18-14(9)12(11)16/h3-7H,2H2,1H3. The molecule has 1 aromatic heterocycles. The van der Waals surface area contributed by atoms with E-state index in [1.165, 1.54) is 12.1 Å². The monoisotopic (exact) mass is 248 g/mol. The quantitative estimate of drug-likeness (QED) is 0.676. The van der Waals surface area contributed by atoms with Gasteiger partial charge in [-0.3, -0.25) is 0 Å². The Kier molecular flexibility index (Phi) is 2.44. The Morgan fingerprint density at radius 3 is 2.61 bits per heavy atom. The molecule has 0 aliphatic carbocycles. The minimum Gasteiger partial charge on any atom is -0.491 e. The summed E-state index contributed by atoms with van der Waals surface area (Å²) in [5, 5.41) is 1.11. The van der Waals surface area contributed by atoms with E-state index in [0.29, 0.717) is 17.4 Å². The Morgan fingerprint density at radius 2 is 1.83 bits per heavy atom. The van der Waals surface area contributed by atoms with Crippen molar-refractivity contribution in [3.63, 3.8) is 0 Å². The van der Waals surface area contributed by atoms with E-state index in [-0.39, 0.29) is 16.9 Å². The smallest absolute Gasteiger partial charge is 0.208 e. The van der Waals surface area contributed by atoms with Crippen molar-refractivity contribution in [1.29, 1.82) is 0 Å². The summed E-state index contributed by atoms with van der Waals surface area (Å²) in [6.45, 7) is 2.12. The second-order valence-electron chi connectivity index (χ2n) is 3.91. The minimum absolute atomic E-state index is 0.0288. The zero-order valence-electron chi connectivity index (χ0n) is 9.67. The number of halogens is 2. The largest absolute Gasteiger partial charge is 0.491 e. The first-order valence-corrected chi connectivity index (χ1v) is 5.64. The van der Waals surface area contributed by atoms with Crippen LogP contribution in [-0.2, 0) is 0 Å². The fraction of sp³-hybridized carbons (Fsp3) is 0.143. The predicted octanol–water partition coefficient (Wildman–Crippen LogP) is 4.26. The number of para-hydroxylation sites is 1. The fourth-order valence-electron chi connectivity index (χ4n) is 2.04. The van der Waals surface area contributed by atoms with Crippen LogP contribution in [0.5, 0.6) is 5.75 Å². The highest BCUT2D eigenvalue weighted by Gasteiger charge is 2.16. The molecule has 0 aliphatic heterocycles. The van der Waals surface area contributed by atoms with E-state index in [0.717, 1.165) is 0 Å². The molecule has 18 heavy (non-hydrogen) atoms. The minimum atomic E-state index is -0.593. The third-order valence-corrected chi connectivity index (χ3v) is 2.82. The second kappa shape index (κ2) is 3.98. The van der Waals surface area contributed by atoms with E-state index in [4.69, 9.17) is 9.15 Å². The topological polar surface area (TPSA) is 22.4 Å². The summed E-state index contributed by atoms with van der Waals surface area (Å²) in [6.07, 6.45) is 0. The summed E-state index contributed by atoms with van der Waals surface area (Å²) < 4.78 is 38.1. The van der Waals surface area contributed by atoms with Crippen LogP contribution in [0.3, 0.4) is 0 Å². The van der Waals surface area contributed by atoms with Gasteiger partial charge in [0.25, 0.3) is 0 Å². The maximum Gasteiger partial charge on any atom is 0.208 e. The molecule has 0 saturated carbocycles. The lowest BCUT2D eigenvalue weighted by Crippen LogP contribution is -1.94. The van der Waals surface area contributed by atoms with Gasteiger partial charge in [0.15, 0.2) is 22.7 Å². The van der Waals surface area contributed by atoms with E-state index in [2.05, 4.69) is 0 Å². The van der Waals surface area contributed by atoms with Crippen molar-refractivity contribution < 1.29 is 17.9 Å². The van der Waals surface area contributed by atoms with Crippen molar-refractivity contribution in [3.05, 3.63) is 42.0 Å². The number of hydrogen-bond donors (Lipinski definition) is 0. The maximum absolute atomic E-state index is 14.1. The Hall–Kier alpha value is -2.10. The molecule has 2 nitrogen and oxygen atoms in total. The highest BCUT2D eigenvalue weighted by atomic mass is 19.1. The van der Waals surface area contributed by atoms with Crippen LogP contribution >= 0.6 is 0 Å². The van der Waals surface area contributed by atoms with Crippen molar-refractivity contribution >= 4 is 21.9 Å². The highest BCUT2D eigenvalue weighted by molar-refractivity contribution is 6.05. The molecule has 3 aromatic rings. The van der Waals surface area contributed by atoms with Crippen molar-refractivity contribution in [2.24, 2.45) is 0 Å². The Morgan fingerprint density at radius 1 is 1.06 bits per heavy atom. The third-order valence-electron chi connectivity index (χ3n) is 2.82. The van der Waals surface area contributed by atoms with Crippen LogP contribution in [0.4, 0.5) is 8.78 Å². The summed E-state index contributed by atoms with van der Waals surface area (Å²) in [6, 6.07) is 7.76. The molecule has 0 amide bonds. The zero-order chi connectivity index (χ0) is 12.7. The molecular formula is C14H10F2O2. The van der Waals surface area contributed by atoms with Crippen molar-refractivity contribution in [2.45, 2.75) is 6.92 Å². The van der Waals surface area contributed by atoms with Gasteiger partial charge in [0, 0.05) is 10.8 Å². The molecule has 1 heterocycles. The van der Waals surface area contributed by atoms with Crippen LogP contribution < -0.4 is 4.74 Å². The lowest BCUT2D eigenvalue weighted by molar-refractivity contribution is 0.321. The van der Waals surface area contributed by atoms with Crippen molar-refractivity contribution in [3.8, 4) is 5.75 Å². The molecule has 0 N–H and O–H groups in total. The lowest BCUT2D eigenvalue weighted by atomic mass is 10.1. The third kappa shape index (κ3) is 1.45. The van der Waals surface area contributed by atoms with Gasteiger partial charge in [-0.2, -0.15) is 4.39 Å². The van der Waals surface area contributed by atoms with Gasteiger partial charge in [-0.25, -0.2) is 4.39 Å². The average Bonchev–Trinajstić information content (AvgIpc) is 2.74. The van der Waals surface area contributed by atoms with E-state index in [9.17, 15) is 8.78 Å². The molecule has 0 spiro atoms. The first-order chi connectivity index (χ1) is 8.72. The second-order valence-corrected chi connectivity index (χ2v) is 3.91. The van der Waals surface area contributed by atoms with Gasteiger partial charge in [-0.1, -0.05) is 12.1 Å². The first-order valence-electron chi connectivity index (χ1n) is 5.64. The van der Waals surface area contributed by atoms with Crippen LogP contribution in [0, 0.1) is 11.6 Å². The van der Waals surface area contributed by atoms with Gasteiger partial charge in [-0.05, 0) is 25.1 Å². The summed E-state index contributed by atoms with van der Waals surface area (Å²) in [4.78, 5) is 0. The van der Waals surface area contributed by atoms with Gasteiger partial charge < -0.3 is 9.15 Å². The van der Waals surface area contributed by atoms with E-state index in [1.54, 1.807) is 25.1 Å². The van der Waals surface area contributed by atoms with Gasteiger partial charge in [-0.15, -0.1) is 0 Å². The molecule has 0 unspecified atom stereocenters. The van der Waals surface area contributed by atoms with Crippen LogP contribution in [0.25, 0.3) is 21.9 Å². The maximum atomic E-state index is 14.1. The molecule has 0 aliphatic rings. The Bertz CT molecular complexity index is 731. The van der Waals surface area contributed by atoms with Gasteiger partial charge >= 0.3 is 0 Å². The molecule has 2 aromatic carbocycles. The first kappa shape index (κ1) is 11.0. The number of hydrogen-bond acceptors (Lipinski definition) is 2. The number of ether oxygens (including phenoxy) is 1. The Balaban J connectivity index is 2.39. The zero-order valence-corrected chi connectivity index (χ0v) is 9.67. The van der Waals surface area contributed by atoms with Gasteiger partial charge in [0.2, 0.25) is 5.82 Å². The van der Waals surface area contributed by atoms with E-state index in [1.807, 2.05) is 0 Å². The molecule has 0 saturated heterocycles. The summed E-state index contributed by atoms with van der Waals surface area (Å²) in [5.41, 5.74) is 0.0982. The number of benzene rings is 2. The molecule has 3 rings (SSSR count). The summed E-state index contributed by atoms with van der Waals surface area (Å²) in [5.74, 6) is -0.976. The van der Waals surface area contributed by atoms with Crippen LogP contribution in [0.15, 0.2) is 34.7 Å². The fourth-order valence-corrected chi connectivity index (χ4v) is 2.04. The van der Waals surface area contributed by atoms with Crippen LogP contribution in [0.1, 0.15) is 6.92 Å². The number of fused-ring (bicyclic) bond motifs is 3. The van der Waals surface area contributed by atoms with Crippen LogP contribution in [0.2, 0.25) is 0 Å².